The predicted octanol–water partition coefficient (Wildman–Crippen LogP) is 4.43. The number of hydrogen-bond donors (Lipinski definition) is 1. The van der Waals surface area contributed by atoms with E-state index in [-0.39, 0.29) is 0 Å². The topological polar surface area (TPSA) is 21.3 Å². The highest BCUT2D eigenvalue weighted by Crippen LogP contribution is 2.25. The zero-order valence-corrected chi connectivity index (χ0v) is 13.9. The van der Waals surface area contributed by atoms with Crippen LogP contribution in [0.3, 0.4) is 0 Å². The molecule has 2 nitrogen and oxygen atoms in total. The maximum Gasteiger partial charge on any atom is 0.118 e. The van der Waals surface area contributed by atoms with Crippen LogP contribution in [0, 0.1) is 11.8 Å². The first-order chi connectivity index (χ1) is 10.2. The molecule has 0 heterocycles. The SMILES string of the molecule is CCC(CC)CC(CNC1CC1)Cc1ccc(OC)cc1. The maximum absolute atomic E-state index is 5.25. The van der Waals surface area contributed by atoms with Crippen LogP contribution in [0.1, 0.15) is 51.5 Å². The highest BCUT2D eigenvalue weighted by molar-refractivity contribution is 5.27. The molecule has 1 N–H and O–H groups in total. The molecule has 2 rings (SSSR count). The molecule has 0 saturated heterocycles. The van der Waals surface area contributed by atoms with Crippen molar-refractivity contribution in [2.45, 2.75) is 58.4 Å². The molecular weight excluding hydrogens is 258 g/mol. The maximum atomic E-state index is 5.25. The molecule has 0 aliphatic heterocycles. The van der Waals surface area contributed by atoms with E-state index in [1.807, 2.05) is 0 Å². The fourth-order valence-corrected chi connectivity index (χ4v) is 3.05. The zero-order chi connectivity index (χ0) is 15.1. The average molecular weight is 289 g/mol. The van der Waals surface area contributed by atoms with Gasteiger partial charge in [0.1, 0.15) is 5.75 Å². The summed E-state index contributed by atoms with van der Waals surface area (Å²) < 4.78 is 5.25. The molecule has 1 aromatic rings. The summed E-state index contributed by atoms with van der Waals surface area (Å²) in [5.41, 5.74) is 1.43. The lowest BCUT2D eigenvalue weighted by Gasteiger charge is -2.23. The largest absolute Gasteiger partial charge is 0.497 e. The number of methoxy groups -OCH3 is 1. The summed E-state index contributed by atoms with van der Waals surface area (Å²) in [5, 5.41) is 3.73. The van der Waals surface area contributed by atoms with Crippen LogP contribution in [0.2, 0.25) is 0 Å². The van der Waals surface area contributed by atoms with Crippen molar-refractivity contribution in [1.29, 1.82) is 0 Å². The van der Waals surface area contributed by atoms with E-state index in [1.54, 1.807) is 7.11 Å². The molecular formula is C19H31NO. The summed E-state index contributed by atoms with van der Waals surface area (Å²) in [5.74, 6) is 2.57. The quantitative estimate of drug-likeness (QED) is 0.688. The van der Waals surface area contributed by atoms with Crippen LogP contribution >= 0.6 is 0 Å². The fourth-order valence-electron chi connectivity index (χ4n) is 3.05. The average Bonchev–Trinajstić information content (AvgIpc) is 3.35. The third kappa shape index (κ3) is 5.70. The lowest BCUT2D eigenvalue weighted by atomic mass is 9.86. The van der Waals surface area contributed by atoms with E-state index >= 15 is 0 Å². The molecule has 0 spiro atoms. The van der Waals surface area contributed by atoms with Gasteiger partial charge in [0.2, 0.25) is 0 Å². The van der Waals surface area contributed by atoms with Gasteiger partial charge >= 0.3 is 0 Å². The molecule has 1 aliphatic rings. The predicted molar refractivity (Wildman–Crippen MR) is 89.9 cm³/mol. The number of benzene rings is 1. The Bertz CT molecular complexity index is 393. The molecule has 1 unspecified atom stereocenters. The Morgan fingerprint density at radius 2 is 1.76 bits per heavy atom. The first kappa shape index (κ1) is 16.4. The van der Waals surface area contributed by atoms with Crippen molar-refractivity contribution in [2.24, 2.45) is 11.8 Å². The van der Waals surface area contributed by atoms with Crippen LogP contribution in [-0.4, -0.2) is 19.7 Å². The summed E-state index contributed by atoms with van der Waals surface area (Å²) >= 11 is 0. The van der Waals surface area contributed by atoms with Gasteiger partial charge in [0, 0.05) is 6.04 Å². The zero-order valence-electron chi connectivity index (χ0n) is 13.9. The third-order valence-corrected chi connectivity index (χ3v) is 4.78. The lowest BCUT2D eigenvalue weighted by Crippen LogP contribution is -2.27. The van der Waals surface area contributed by atoms with E-state index in [4.69, 9.17) is 4.74 Å². The van der Waals surface area contributed by atoms with Gasteiger partial charge < -0.3 is 10.1 Å². The van der Waals surface area contributed by atoms with Gasteiger partial charge in [0.25, 0.3) is 0 Å². The molecule has 0 radical (unpaired) electrons. The highest BCUT2D eigenvalue weighted by Gasteiger charge is 2.23. The van der Waals surface area contributed by atoms with Crippen molar-refractivity contribution in [3.05, 3.63) is 29.8 Å². The second-order valence-corrected chi connectivity index (χ2v) is 6.52. The van der Waals surface area contributed by atoms with Crippen LogP contribution in [0.15, 0.2) is 24.3 Å². The molecule has 1 saturated carbocycles. The summed E-state index contributed by atoms with van der Waals surface area (Å²) in [6.07, 6.45) is 7.89. The Morgan fingerprint density at radius 1 is 1.10 bits per heavy atom. The Balaban J connectivity index is 1.91. The minimum atomic E-state index is 0.754. The van der Waals surface area contributed by atoms with Crippen molar-refractivity contribution < 1.29 is 4.74 Å². The first-order valence-electron chi connectivity index (χ1n) is 8.61. The molecule has 0 amide bonds. The molecule has 0 bridgehead atoms. The van der Waals surface area contributed by atoms with Crippen molar-refractivity contribution >= 4 is 0 Å². The van der Waals surface area contributed by atoms with Crippen LogP contribution < -0.4 is 10.1 Å². The molecule has 0 aromatic heterocycles. The normalized spacial score (nSPS) is 16.2. The van der Waals surface area contributed by atoms with E-state index in [0.29, 0.717) is 0 Å². The minimum Gasteiger partial charge on any atom is -0.497 e. The second-order valence-electron chi connectivity index (χ2n) is 6.52. The van der Waals surface area contributed by atoms with Gasteiger partial charge in [-0.15, -0.1) is 0 Å². The van der Waals surface area contributed by atoms with Gasteiger partial charge in [0.15, 0.2) is 0 Å². The minimum absolute atomic E-state index is 0.754. The number of hydrogen-bond acceptors (Lipinski definition) is 2. The summed E-state index contributed by atoms with van der Waals surface area (Å²) in [6, 6.07) is 9.41. The fraction of sp³-hybridized carbons (Fsp3) is 0.684. The van der Waals surface area contributed by atoms with E-state index in [2.05, 4.69) is 43.4 Å². The Hall–Kier alpha value is -1.02. The smallest absolute Gasteiger partial charge is 0.118 e. The molecule has 1 aliphatic carbocycles. The van der Waals surface area contributed by atoms with Gasteiger partial charge in [-0.25, -0.2) is 0 Å². The van der Waals surface area contributed by atoms with Gasteiger partial charge in [-0.05, 0) is 61.8 Å². The van der Waals surface area contributed by atoms with Gasteiger partial charge in [0.05, 0.1) is 7.11 Å². The standard InChI is InChI=1S/C19H31NO/c1-4-15(5-2)12-17(14-20-18-8-9-18)13-16-6-10-19(21-3)11-7-16/h6-7,10-11,15,17-18,20H,4-5,8-9,12-14H2,1-3H3. The van der Waals surface area contributed by atoms with Crippen molar-refractivity contribution in [1.82, 2.24) is 5.32 Å². The van der Waals surface area contributed by atoms with E-state index < -0.39 is 0 Å². The number of nitrogens with one attached hydrogen (secondary N) is 1. The van der Waals surface area contributed by atoms with E-state index in [0.717, 1.165) is 23.6 Å². The van der Waals surface area contributed by atoms with Crippen LogP contribution in [0.5, 0.6) is 5.75 Å². The summed E-state index contributed by atoms with van der Waals surface area (Å²) in [4.78, 5) is 0. The van der Waals surface area contributed by atoms with E-state index in [1.165, 1.54) is 50.6 Å². The molecule has 118 valence electrons. The van der Waals surface area contributed by atoms with Gasteiger partial charge in [-0.3, -0.25) is 0 Å². The van der Waals surface area contributed by atoms with E-state index in [9.17, 15) is 0 Å². The summed E-state index contributed by atoms with van der Waals surface area (Å²) in [7, 11) is 1.73. The van der Waals surface area contributed by atoms with Crippen molar-refractivity contribution in [3.63, 3.8) is 0 Å². The highest BCUT2D eigenvalue weighted by atomic mass is 16.5. The molecule has 21 heavy (non-hydrogen) atoms. The second kappa shape index (κ2) is 8.43. The Labute approximate surface area is 130 Å². The first-order valence-corrected chi connectivity index (χ1v) is 8.61. The molecule has 1 fully saturated rings. The van der Waals surface area contributed by atoms with Crippen LogP contribution in [-0.2, 0) is 6.42 Å². The van der Waals surface area contributed by atoms with Crippen LogP contribution in [0.25, 0.3) is 0 Å². The lowest BCUT2D eigenvalue weighted by molar-refractivity contribution is 0.337. The monoisotopic (exact) mass is 289 g/mol. The molecule has 1 aromatic carbocycles. The van der Waals surface area contributed by atoms with Crippen molar-refractivity contribution in [2.75, 3.05) is 13.7 Å². The molecule has 2 heteroatoms. The van der Waals surface area contributed by atoms with Crippen molar-refractivity contribution in [3.8, 4) is 5.75 Å². The Morgan fingerprint density at radius 3 is 2.29 bits per heavy atom. The number of rotatable bonds is 10. The Kier molecular flexibility index (Phi) is 6.56. The number of ether oxygens (including phenoxy) is 1. The van der Waals surface area contributed by atoms with Crippen LogP contribution in [0.4, 0.5) is 0 Å². The molecule has 1 atom stereocenters. The van der Waals surface area contributed by atoms with Gasteiger partial charge in [-0.1, -0.05) is 38.8 Å². The third-order valence-electron chi connectivity index (χ3n) is 4.78. The van der Waals surface area contributed by atoms with Gasteiger partial charge in [-0.2, -0.15) is 0 Å². The summed E-state index contributed by atoms with van der Waals surface area (Å²) in [6.45, 7) is 5.83.